The van der Waals surface area contributed by atoms with Gasteiger partial charge in [0.2, 0.25) is 0 Å². The van der Waals surface area contributed by atoms with E-state index in [2.05, 4.69) is 19.4 Å². The third-order valence-corrected chi connectivity index (χ3v) is 9.28. The Morgan fingerprint density at radius 1 is 1.02 bits per heavy atom. The Bertz CT molecular complexity index is 1280. The van der Waals surface area contributed by atoms with Crippen LogP contribution in [0.15, 0.2) is 51.9 Å². The van der Waals surface area contributed by atoms with Gasteiger partial charge in [-0.1, -0.05) is 28.8 Å². The highest BCUT2D eigenvalue weighted by Crippen LogP contribution is 2.37. The first-order chi connectivity index (χ1) is 21.5. The number of likely N-dealkylation sites (tertiary alicyclic amines) is 1. The molecule has 6 rings (SSSR count). The van der Waals surface area contributed by atoms with Gasteiger partial charge < -0.3 is 33.5 Å². The Balaban J connectivity index is 0.000000296. The van der Waals surface area contributed by atoms with E-state index in [4.69, 9.17) is 28.7 Å². The zero-order valence-electron chi connectivity index (χ0n) is 25.5. The summed E-state index contributed by atoms with van der Waals surface area (Å²) in [7, 11) is 1.75. The fourth-order valence-corrected chi connectivity index (χ4v) is 6.43. The first-order valence-corrected chi connectivity index (χ1v) is 16.1. The number of aliphatic hydroxyl groups is 1. The lowest BCUT2D eigenvalue weighted by molar-refractivity contribution is -0.432. The monoisotopic (exact) mass is 632 g/mol. The van der Waals surface area contributed by atoms with Crippen LogP contribution in [0.25, 0.3) is 11.0 Å². The normalized spacial score (nSPS) is 22.5. The third-order valence-electron chi connectivity index (χ3n) is 8.69. The van der Waals surface area contributed by atoms with E-state index in [1.54, 1.807) is 7.11 Å². The lowest BCUT2D eigenvalue weighted by Gasteiger charge is -2.39. The van der Waals surface area contributed by atoms with Crippen LogP contribution < -0.4 is 9.47 Å². The van der Waals surface area contributed by atoms with Crippen LogP contribution in [0.3, 0.4) is 0 Å². The first-order valence-electron chi connectivity index (χ1n) is 15.4. The van der Waals surface area contributed by atoms with Crippen molar-refractivity contribution < 1.29 is 43.2 Å². The van der Waals surface area contributed by atoms with E-state index >= 15 is 0 Å². The standard InChI is InChI=1S/C25H36N2O6.C7H8O3S/c1-29-19-4-2-5-20(19)32-21-6-3-7-22-23(21)24(26-33-22)31-16-18-8-12-27(13-9-18)17-25(28)10-14-30-15-11-25;1-6-2-4-7(5-3-6)11-10-9-8/h3,6-7,18-20,28H,2,4-5,8-17H2,1H3;2-5,8H,1H3/t19-,20-;/m0./s1. The van der Waals surface area contributed by atoms with Crippen LogP contribution in [0, 0.1) is 12.8 Å². The van der Waals surface area contributed by atoms with Crippen molar-refractivity contribution in [2.24, 2.45) is 5.92 Å². The molecule has 2 aromatic carbocycles. The third kappa shape index (κ3) is 9.07. The number of methoxy groups -OCH3 is 1. The van der Waals surface area contributed by atoms with Crippen LogP contribution in [0.2, 0.25) is 0 Å². The molecule has 1 aromatic heterocycles. The van der Waals surface area contributed by atoms with Crippen LogP contribution in [0.1, 0.15) is 50.5 Å². The van der Waals surface area contributed by atoms with Crippen molar-refractivity contribution in [2.75, 3.05) is 46.6 Å². The summed E-state index contributed by atoms with van der Waals surface area (Å²) < 4.78 is 33.2. The number of β-amino-alcohol motifs (C(OH)–C–C–N with tert-alkyl or cyclic N) is 1. The molecule has 2 N–H and O–H groups in total. The van der Waals surface area contributed by atoms with Crippen molar-refractivity contribution in [1.29, 1.82) is 0 Å². The second kappa shape index (κ2) is 16.2. The Kier molecular flexibility index (Phi) is 12.2. The van der Waals surface area contributed by atoms with E-state index in [0.29, 0.717) is 37.2 Å². The molecule has 1 saturated carbocycles. The maximum Gasteiger partial charge on any atom is 0.265 e. The summed E-state index contributed by atoms with van der Waals surface area (Å²) in [4.78, 5) is 3.26. The van der Waals surface area contributed by atoms with Gasteiger partial charge >= 0.3 is 0 Å². The van der Waals surface area contributed by atoms with Crippen molar-refractivity contribution in [1.82, 2.24) is 10.1 Å². The molecule has 0 radical (unpaired) electrons. The average Bonchev–Trinajstić information content (AvgIpc) is 3.68. The summed E-state index contributed by atoms with van der Waals surface area (Å²) in [5.74, 6) is 1.71. The molecule has 3 aromatic rings. The molecule has 0 spiro atoms. The number of aromatic nitrogens is 1. The zero-order valence-corrected chi connectivity index (χ0v) is 26.3. The number of aryl methyl sites for hydroxylation is 1. The number of rotatable bonds is 11. The summed E-state index contributed by atoms with van der Waals surface area (Å²) in [5.41, 5.74) is 1.26. The molecule has 1 aliphatic carbocycles. The van der Waals surface area contributed by atoms with Gasteiger partial charge in [0.15, 0.2) is 5.58 Å². The number of hydrogen-bond acceptors (Lipinski definition) is 12. The summed E-state index contributed by atoms with van der Waals surface area (Å²) in [6, 6.07) is 13.4. The molecule has 3 aliphatic rings. The lowest BCUT2D eigenvalue weighted by Crippen LogP contribution is -2.49. The molecule has 0 unspecified atom stereocenters. The maximum atomic E-state index is 10.8. The van der Waals surface area contributed by atoms with Crippen LogP contribution in [0.5, 0.6) is 11.6 Å². The topological polar surface area (TPSA) is 125 Å². The van der Waals surface area contributed by atoms with Crippen molar-refractivity contribution in [3.05, 3.63) is 48.0 Å². The molecule has 242 valence electrons. The second-order valence-electron chi connectivity index (χ2n) is 11.9. The molecule has 11 nitrogen and oxygen atoms in total. The summed E-state index contributed by atoms with van der Waals surface area (Å²) >= 11 is 0.957. The van der Waals surface area contributed by atoms with Gasteiger partial charge in [0.1, 0.15) is 17.2 Å². The SMILES string of the molecule is CO[C@H]1CCC[C@@H]1Oc1cccc2onc(OCC3CCN(CC4(O)CCOCC4)CC3)c12.Cc1ccc(SOOO)cc1. The highest BCUT2D eigenvalue weighted by molar-refractivity contribution is 7.94. The molecule has 44 heavy (non-hydrogen) atoms. The Labute approximate surface area is 262 Å². The van der Waals surface area contributed by atoms with Gasteiger partial charge in [-0.2, -0.15) is 0 Å². The lowest BCUT2D eigenvalue weighted by atomic mass is 9.91. The van der Waals surface area contributed by atoms with E-state index in [-0.39, 0.29) is 12.2 Å². The molecule has 3 fully saturated rings. The first kappa shape index (κ1) is 33.0. The molecule has 0 amide bonds. The Hall–Kier alpha value is -2.42. The van der Waals surface area contributed by atoms with Crippen molar-refractivity contribution in [3.63, 3.8) is 0 Å². The smallest absolute Gasteiger partial charge is 0.265 e. The molecule has 3 heterocycles. The van der Waals surface area contributed by atoms with Crippen LogP contribution >= 0.6 is 12.0 Å². The fourth-order valence-electron chi connectivity index (χ4n) is 6.07. The fraction of sp³-hybridized carbons (Fsp3) is 0.594. The average molecular weight is 633 g/mol. The number of benzene rings is 2. The van der Waals surface area contributed by atoms with Gasteiger partial charge in [0, 0.05) is 44.6 Å². The van der Waals surface area contributed by atoms with E-state index in [9.17, 15) is 5.11 Å². The summed E-state index contributed by atoms with van der Waals surface area (Å²) in [6.07, 6.45) is 6.82. The highest BCUT2D eigenvalue weighted by atomic mass is 32.2. The predicted molar refractivity (Wildman–Crippen MR) is 165 cm³/mol. The summed E-state index contributed by atoms with van der Waals surface area (Å²) in [6.45, 7) is 6.61. The van der Waals surface area contributed by atoms with E-state index in [1.807, 2.05) is 49.4 Å². The van der Waals surface area contributed by atoms with Gasteiger partial charge in [0.05, 0.1) is 30.4 Å². The van der Waals surface area contributed by atoms with Crippen molar-refractivity contribution >= 4 is 23.0 Å². The van der Waals surface area contributed by atoms with Gasteiger partial charge in [-0.25, -0.2) is 5.26 Å². The molecule has 2 saturated heterocycles. The quantitative estimate of drug-likeness (QED) is 0.150. The Morgan fingerprint density at radius 3 is 2.50 bits per heavy atom. The molecular formula is C32H44N2O9S. The Morgan fingerprint density at radius 2 is 1.77 bits per heavy atom. The van der Waals surface area contributed by atoms with Crippen molar-refractivity contribution in [2.45, 2.75) is 74.6 Å². The molecule has 2 aliphatic heterocycles. The molecule has 2 atom stereocenters. The highest BCUT2D eigenvalue weighted by Gasteiger charge is 2.34. The maximum absolute atomic E-state index is 10.8. The van der Waals surface area contributed by atoms with Crippen molar-refractivity contribution in [3.8, 4) is 11.6 Å². The molecular weight excluding hydrogens is 588 g/mol. The second-order valence-corrected chi connectivity index (χ2v) is 12.7. The van der Waals surface area contributed by atoms with Crippen LogP contribution in [-0.4, -0.2) is 84.8 Å². The van der Waals surface area contributed by atoms with Gasteiger partial charge in [0.25, 0.3) is 5.88 Å². The van der Waals surface area contributed by atoms with Gasteiger partial charge in [-0.05, 0) is 87.5 Å². The van der Waals surface area contributed by atoms with Crippen LogP contribution in [-0.2, 0) is 18.8 Å². The van der Waals surface area contributed by atoms with E-state index in [1.165, 1.54) is 5.56 Å². The largest absolute Gasteiger partial charge is 0.487 e. The number of ether oxygens (including phenoxy) is 4. The minimum atomic E-state index is -0.598. The van der Waals surface area contributed by atoms with Gasteiger partial charge in [-0.15, -0.1) is 4.33 Å². The van der Waals surface area contributed by atoms with Gasteiger partial charge in [-0.3, -0.25) is 0 Å². The van der Waals surface area contributed by atoms with E-state index in [0.717, 1.165) is 92.7 Å². The molecule has 12 heteroatoms. The molecule has 0 bridgehead atoms. The minimum Gasteiger partial charge on any atom is -0.487 e. The number of hydrogen-bond donors (Lipinski definition) is 2. The van der Waals surface area contributed by atoms with Crippen LogP contribution in [0.4, 0.5) is 0 Å². The minimum absolute atomic E-state index is 0.0400. The predicted octanol–water partition coefficient (Wildman–Crippen LogP) is 5.83. The number of nitrogens with zero attached hydrogens (tertiary/aromatic N) is 2. The summed E-state index contributed by atoms with van der Waals surface area (Å²) in [5, 5.41) is 27.1. The zero-order chi connectivity index (χ0) is 30.8. The number of piperidine rings is 1. The number of fused-ring (bicyclic) bond motifs is 1. The van der Waals surface area contributed by atoms with E-state index < -0.39 is 5.60 Å².